The highest BCUT2D eigenvalue weighted by atomic mass is 32.2. The first-order chi connectivity index (χ1) is 16.6. The van der Waals surface area contributed by atoms with Crippen molar-refractivity contribution in [2.75, 3.05) is 5.75 Å². The van der Waals surface area contributed by atoms with Gasteiger partial charge >= 0.3 is 0 Å². The van der Waals surface area contributed by atoms with Gasteiger partial charge in [0.1, 0.15) is 0 Å². The summed E-state index contributed by atoms with van der Waals surface area (Å²) in [4.78, 5) is 27.6. The number of hydrogen-bond donors (Lipinski definition) is 1. The van der Waals surface area contributed by atoms with E-state index < -0.39 is 4.92 Å². The fraction of sp³-hybridized carbons (Fsp3) is 0.0800. The number of aromatic nitrogens is 2. The number of hydrazone groups is 1. The molecule has 0 aliphatic heterocycles. The number of carbonyl (C=O) groups excluding carboxylic acids is 1. The number of para-hydroxylation sites is 3. The van der Waals surface area contributed by atoms with Gasteiger partial charge in [-0.1, -0.05) is 66.4 Å². The van der Waals surface area contributed by atoms with E-state index in [0.717, 1.165) is 21.8 Å². The molecule has 0 bridgehead atoms. The van der Waals surface area contributed by atoms with Crippen LogP contribution >= 0.6 is 11.8 Å². The second-order valence-electron chi connectivity index (χ2n) is 7.23. The van der Waals surface area contributed by atoms with Gasteiger partial charge in [0, 0.05) is 12.3 Å². The number of benzene rings is 3. The summed E-state index contributed by atoms with van der Waals surface area (Å²) in [6.45, 7) is 0.653. The Kier molecular flexibility index (Phi) is 7.46. The molecule has 34 heavy (non-hydrogen) atoms. The molecule has 170 valence electrons. The van der Waals surface area contributed by atoms with Crippen LogP contribution in [-0.2, 0) is 11.3 Å². The van der Waals surface area contributed by atoms with Gasteiger partial charge in [0.15, 0.2) is 5.16 Å². The van der Waals surface area contributed by atoms with Crippen LogP contribution in [0.1, 0.15) is 11.1 Å². The smallest absolute Gasteiger partial charge is 0.276 e. The quantitative estimate of drug-likeness (QED) is 0.162. The van der Waals surface area contributed by atoms with E-state index in [2.05, 4.69) is 32.2 Å². The van der Waals surface area contributed by atoms with Crippen molar-refractivity contribution in [2.45, 2.75) is 11.7 Å². The van der Waals surface area contributed by atoms with E-state index >= 15 is 0 Å². The number of nitro benzene ring substituents is 1. The molecule has 0 radical (unpaired) electrons. The van der Waals surface area contributed by atoms with Crippen molar-refractivity contribution < 1.29 is 9.72 Å². The lowest BCUT2D eigenvalue weighted by molar-refractivity contribution is -0.385. The summed E-state index contributed by atoms with van der Waals surface area (Å²) in [5, 5.41) is 15.7. The molecule has 0 fully saturated rings. The van der Waals surface area contributed by atoms with E-state index in [9.17, 15) is 14.9 Å². The molecule has 0 spiro atoms. The fourth-order valence-electron chi connectivity index (χ4n) is 3.34. The number of thioether (sulfide) groups is 1. The normalized spacial score (nSPS) is 11.4. The van der Waals surface area contributed by atoms with Crippen molar-refractivity contribution in [2.24, 2.45) is 5.10 Å². The number of allylic oxidation sites excluding steroid dienone is 1. The molecule has 0 unspecified atom stereocenters. The molecule has 8 nitrogen and oxygen atoms in total. The number of nitro groups is 1. The largest absolute Gasteiger partial charge is 0.314 e. The Morgan fingerprint density at radius 2 is 1.79 bits per heavy atom. The number of fused-ring (bicyclic) bond motifs is 1. The molecule has 0 aliphatic carbocycles. The third kappa shape index (κ3) is 5.76. The second-order valence-corrected chi connectivity index (χ2v) is 8.17. The SMILES string of the molecule is O=C(CSc1nc2ccccc2n1Cc1ccccc1)N/N=C\C=C/c1ccccc1[N+](=O)[O-]. The monoisotopic (exact) mass is 471 g/mol. The maximum Gasteiger partial charge on any atom is 0.276 e. The predicted molar refractivity (Wildman–Crippen MR) is 135 cm³/mol. The third-order valence-corrected chi connectivity index (χ3v) is 5.87. The van der Waals surface area contributed by atoms with Crippen LogP contribution in [0, 0.1) is 10.1 Å². The minimum absolute atomic E-state index is 0.00553. The van der Waals surface area contributed by atoms with Gasteiger partial charge < -0.3 is 4.57 Å². The number of hydrogen-bond acceptors (Lipinski definition) is 6. The van der Waals surface area contributed by atoms with Gasteiger partial charge in [0.2, 0.25) is 0 Å². The first-order valence-corrected chi connectivity index (χ1v) is 11.4. The van der Waals surface area contributed by atoms with E-state index in [-0.39, 0.29) is 17.3 Å². The Balaban J connectivity index is 1.37. The maximum absolute atomic E-state index is 12.3. The van der Waals surface area contributed by atoms with Gasteiger partial charge in [0.05, 0.1) is 33.8 Å². The van der Waals surface area contributed by atoms with Crippen LogP contribution < -0.4 is 5.43 Å². The zero-order chi connectivity index (χ0) is 23.8. The summed E-state index contributed by atoms with van der Waals surface area (Å²) < 4.78 is 2.10. The first-order valence-electron chi connectivity index (χ1n) is 10.5. The topological polar surface area (TPSA) is 102 Å². The second kappa shape index (κ2) is 11.1. The van der Waals surface area contributed by atoms with Gasteiger partial charge in [0.25, 0.3) is 11.6 Å². The summed E-state index contributed by atoms with van der Waals surface area (Å²) in [6.07, 6.45) is 4.48. The number of rotatable bonds is 9. The van der Waals surface area contributed by atoms with E-state index in [1.165, 1.54) is 30.1 Å². The Bertz CT molecular complexity index is 1370. The number of imidazole rings is 1. The van der Waals surface area contributed by atoms with Crippen molar-refractivity contribution >= 4 is 46.7 Å². The molecule has 0 saturated carbocycles. The van der Waals surface area contributed by atoms with E-state index in [0.29, 0.717) is 12.1 Å². The van der Waals surface area contributed by atoms with Crippen LogP contribution in [0.15, 0.2) is 95.2 Å². The molecule has 0 saturated heterocycles. The van der Waals surface area contributed by atoms with Crippen molar-refractivity contribution in [1.29, 1.82) is 0 Å². The lowest BCUT2D eigenvalue weighted by Gasteiger charge is -2.09. The molecule has 4 aromatic rings. The van der Waals surface area contributed by atoms with Crippen molar-refractivity contribution in [3.05, 3.63) is 106 Å². The lowest BCUT2D eigenvalue weighted by Crippen LogP contribution is -2.19. The summed E-state index contributed by atoms with van der Waals surface area (Å²) in [5.41, 5.74) is 5.96. The molecule has 9 heteroatoms. The molecule has 0 atom stereocenters. The van der Waals surface area contributed by atoms with E-state index in [4.69, 9.17) is 0 Å². The zero-order valence-corrected chi connectivity index (χ0v) is 18.9. The van der Waals surface area contributed by atoms with Gasteiger partial charge in [-0.2, -0.15) is 5.10 Å². The molecular formula is C25H21N5O3S. The van der Waals surface area contributed by atoms with E-state index in [1.807, 2.05) is 42.5 Å². The highest BCUT2D eigenvalue weighted by molar-refractivity contribution is 7.99. The average Bonchev–Trinajstić information content (AvgIpc) is 3.20. The average molecular weight is 472 g/mol. The van der Waals surface area contributed by atoms with E-state index in [1.54, 1.807) is 24.3 Å². The zero-order valence-electron chi connectivity index (χ0n) is 18.1. The minimum atomic E-state index is -0.444. The van der Waals surface area contributed by atoms with Crippen molar-refractivity contribution in [3.8, 4) is 0 Å². The van der Waals surface area contributed by atoms with Crippen LogP contribution in [0.25, 0.3) is 17.1 Å². The van der Waals surface area contributed by atoms with Crippen LogP contribution in [0.2, 0.25) is 0 Å². The number of nitrogens with one attached hydrogen (secondary N) is 1. The molecule has 1 heterocycles. The minimum Gasteiger partial charge on any atom is -0.314 e. The standard InChI is InChI=1S/C25H21N5O3S/c31-24(28-26-16-8-12-20-11-4-6-14-22(20)30(32)33)18-34-25-27-21-13-5-7-15-23(21)29(25)17-19-9-2-1-3-10-19/h1-16H,17-18H2,(H,28,31)/b12-8-,26-16-. The Hall–Kier alpha value is -4.24. The van der Waals surface area contributed by atoms with Gasteiger partial charge in [-0.15, -0.1) is 0 Å². The lowest BCUT2D eigenvalue weighted by atomic mass is 10.2. The first kappa shape index (κ1) is 22.9. The molecule has 1 amide bonds. The van der Waals surface area contributed by atoms with Crippen LogP contribution in [-0.4, -0.2) is 32.3 Å². The fourth-order valence-corrected chi connectivity index (χ4v) is 4.14. The van der Waals surface area contributed by atoms with Gasteiger partial charge in [-0.3, -0.25) is 14.9 Å². The van der Waals surface area contributed by atoms with Crippen LogP contribution in [0.5, 0.6) is 0 Å². The summed E-state index contributed by atoms with van der Waals surface area (Å²) in [5.74, 6) is -0.137. The van der Waals surface area contributed by atoms with Gasteiger partial charge in [-0.05, 0) is 35.9 Å². The predicted octanol–water partition coefficient (Wildman–Crippen LogP) is 4.90. The number of carbonyl (C=O) groups is 1. The van der Waals surface area contributed by atoms with Crippen molar-refractivity contribution in [3.63, 3.8) is 0 Å². The van der Waals surface area contributed by atoms with Gasteiger partial charge in [-0.25, -0.2) is 10.4 Å². The molecule has 1 aromatic heterocycles. The third-order valence-electron chi connectivity index (χ3n) is 4.89. The Morgan fingerprint density at radius 3 is 2.62 bits per heavy atom. The van der Waals surface area contributed by atoms with Crippen LogP contribution in [0.4, 0.5) is 5.69 Å². The summed E-state index contributed by atoms with van der Waals surface area (Å²) in [6, 6.07) is 24.4. The number of amides is 1. The highest BCUT2D eigenvalue weighted by Gasteiger charge is 2.13. The summed E-state index contributed by atoms with van der Waals surface area (Å²) >= 11 is 1.34. The summed E-state index contributed by atoms with van der Waals surface area (Å²) in [7, 11) is 0. The molecule has 1 N–H and O–H groups in total. The number of nitrogens with zero attached hydrogens (tertiary/aromatic N) is 4. The Morgan fingerprint density at radius 1 is 1.06 bits per heavy atom. The van der Waals surface area contributed by atoms with Crippen LogP contribution in [0.3, 0.4) is 0 Å². The highest BCUT2D eigenvalue weighted by Crippen LogP contribution is 2.25. The molecule has 3 aromatic carbocycles. The molecule has 4 rings (SSSR count). The Labute approximate surface area is 200 Å². The maximum atomic E-state index is 12.3. The molecular weight excluding hydrogens is 450 g/mol. The van der Waals surface area contributed by atoms with Crippen molar-refractivity contribution in [1.82, 2.24) is 15.0 Å². The molecule has 0 aliphatic rings.